The third kappa shape index (κ3) is 6.08. The number of carbonyl (C=O) groups excluding carboxylic acids is 1. The second-order valence-corrected chi connectivity index (χ2v) is 5.94. The van der Waals surface area contributed by atoms with Gasteiger partial charge in [-0.2, -0.15) is 0 Å². The van der Waals surface area contributed by atoms with Gasteiger partial charge in [-0.05, 0) is 33.1 Å². The highest BCUT2D eigenvalue weighted by Crippen LogP contribution is 2.20. The molecule has 0 rings (SSSR count). The molecule has 0 aliphatic carbocycles. The van der Waals surface area contributed by atoms with Crippen LogP contribution in [-0.2, 0) is 9.53 Å². The number of esters is 1. The molecule has 0 aliphatic heterocycles. The minimum absolute atomic E-state index is 0.267. The highest BCUT2D eigenvalue weighted by molar-refractivity contribution is 5.86. The van der Waals surface area contributed by atoms with Crippen LogP contribution in [0.25, 0.3) is 0 Å². The maximum atomic E-state index is 11.4. The van der Waals surface area contributed by atoms with Crippen LogP contribution in [0.2, 0.25) is 0 Å². The molecule has 0 bridgehead atoms. The largest absolute Gasteiger partial charge is 0.462 e. The number of rotatable bonds is 11. The molecule has 20 heavy (non-hydrogen) atoms. The van der Waals surface area contributed by atoms with Crippen molar-refractivity contribution in [2.24, 2.45) is 0 Å². The first-order chi connectivity index (χ1) is 9.43. The molecule has 0 amide bonds. The number of carbonyl (C=O) groups is 1. The van der Waals surface area contributed by atoms with Gasteiger partial charge < -0.3 is 9.22 Å². The van der Waals surface area contributed by atoms with Crippen LogP contribution in [0.1, 0.15) is 60.3 Å². The molecule has 0 heterocycles. The van der Waals surface area contributed by atoms with E-state index in [1.165, 1.54) is 38.9 Å². The van der Waals surface area contributed by atoms with E-state index < -0.39 is 0 Å². The Morgan fingerprint density at radius 3 is 1.90 bits per heavy atom. The number of quaternary nitrogens is 1. The summed E-state index contributed by atoms with van der Waals surface area (Å²) in [4.78, 5) is 11.4. The molecule has 0 aromatic heterocycles. The van der Waals surface area contributed by atoms with Crippen molar-refractivity contribution in [1.29, 1.82) is 0 Å². The first kappa shape index (κ1) is 19.2. The van der Waals surface area contributed by atoms with Gasteiger partial charge in [-0.25, -0.2) is 4.79 Å². The van der Waals surface area contributed by atoms with Crippen molar-refractivity contribution < 1.29 is 14.0 Å². The quantitative estimate of drug-likeness (QED) is 0.326. The summed E-state index contributed by atoms with van der Waals surface area (Å²) in [5.74, 6) is -0.267. The molecule has 0 N–H and O–H groups in total. The van der Waals surface area contributed by atoms with E-state index >= 15 is 0 Å². The lowest BCUT2D eigenvalue weighted by Crippen LogP contribution is -2.56. The number of hydrogen-bond acceptors (Lipinski definition) is 2. The summed E-state index contributed by atoms with van der Waals surface area (Å²) in [5, 5.41) is 0. The van der Waals surface area contributed by atoms with Crippen LogP contribution in [0.15, 0.2) is 12.2 Å². The lowest BCUT2D eigenvalue weighted by atomic mass is 10.1. The molecule has 0 saturated heterocycles. The lowest BCUT2D eigenvalue weighted by molar-refractivity contribution is -0.950. The summed E-state index contributed by atoms with van der Waals surface area (Å²) in [5.41, 5.74) is 0.481. The number of nitrogens with zero attached hydrogens (tertiary/aromatic N) is 1. The second-order valence-electron chi connectivity index (χ2n) is 5.94. The fourth-order valence-electron chi connectivity index (χ4n) is 3.05. The SMILES string of the molecule is C=C(C)C(=O)OCCC(C)[N+](CCC)(CCC)CCC. The zero-order valence-electron chi connectivity index (χ0n) is 14.2. The summed E-state index contributed by atoms with van der Waals surface area (Å²) < 4.78 is 6.42. The topological polar surface area (TPSA) is 26.3 Å². The van der Waals surface area contributed by atoms with Crippen molar-refractivity contribution in [3.8, 4) is 0 Å². The van der Waals surface area contributed by atoms with Gasteiger partial charge in [0, 0.05) is 12.0 Å². The monoisotopic (exact) mass is 284 g/mol. The van der Waals surface area contributed by atoms with E-state index in [2.05, 4.69) is 34.3 Å². The van der Waals surface area contributed by atoms with Gasteiger partial charge in [-0.15, -0.1) is 0 Å². The van der Waals surface area contributed by atoms with Crippen LogP contribution in [0.4, 0.5) is 0 Å². The van der Waals surface area contributed by atoms with Gasteiger partial charge in [0.15, 0.2) is 0 Å². The average molecular weight is 284 g/mol. The first-order valence-electron chi connectivity index (χ1n) is 8.11. The van der Waals surface area contributed by atoms with Crippen molar-refractivity contribution in [3.63, 3.8) is 0 Å². The highest BCUT2D eigenvalue weighted by Gasteiger charge is 2.31. The molecule has 1 atom stereocenters. The van der Waals surface area contributed by atoms with Gasteiger partial charge in [0.2, 0.25) is 0 Å². The van der Waals surface area contributed by atoms with Crippen LogP contribution in [0, 0.1) is 0 Å². The summed E-state index contributed by atoms with van der Waals surface area (Å²) in [6.45, 7) is 18.5. The zero-order chi connectivity index (χ0) is 15.6. The predicted molar refractivity (Wildman–Crippen MR) is 85.6 cm³/mol. The van der Waals surface area contributed by atoms with Crippen molar-refractivity contribution in [2.75, 3.05) is 26.2 Å². The standard InChI is InChI=1S/C17H34NO2/c1-7-11-18(12-8-2,13-9-3)16(6)10-14-20-17(19)15(4)5/h16H,4,7-14H2,1-3,5-6H3/q+1. The highest BCUT2D eigenvalue weighted by atomic mass is 16.5. The zero-order valence-corrected chi connectivity index (χ0v) is 14.2. The van der Waals surface area contributed by atoms with Crippen molar-refractivity contribution in [1.82, 2.24) is 0 Å². The smallest absolute Gasteiger partial charge is 0.333 e. The predicted octanol–water partition coefficient (Wildman–Crippen LogP) is 3.93. The van der Waals surface area contributed by atoms with E-state index in [0.29, 0.717) is 18.2 Å². The summed E-state index contributed by atoms with van der Waals surface area (Å²) in [6, 6.07) is 0.535. The van der Waals surface area contributed by atoms with Gasteiger partial charge in [-0.1, -0.05) is 27.4 Å². The van der Waals surface area contributed by atoms with Crippen LogP contribution < -0.4 is 0 Å². The Morgan fingerprint density at radius 1 is 1.10 bits per heavy atom. The Kier molecular flexibility index (Phi) is 9.56. The molecule has 0 fully saturated rings. The summed E-state index contributed by atoms with van der Waals surface area (Å²) >= 11 is 0. The van der Waals surface area contributed by atoms with Gasteiger partial charge in [-0.3, -0.25) is 0 Å². The molecular weight excluding hydrogens is 250 g/mol. The lowest BCUT2D eigenvalue weighted by Gasteiger charge is -2.43. The van der Waals surface area contributed by atoms with E-state index in [1.807, 2.05) is 0 Å². The summed E-state index contributed by atoms with van der Waals surface area (Å²) in [7, 11) is 0. The molecule has 0 saturated carbocycles. The second kappa shape index (κ2) is 9.98. The number of hydrogen-bond donors (Lipinski definition) is 0. The minimum Gasteiger partial charge on any atom is -0.462 e. The minimum atomic E-state index is -0.267. The molecule has 3 nitrogen and oxygen atoms in total. The van der Waals surface area contributed by atoms with E-state index in [0.717, 1.165) is 10.9 Å². The average Bonchev–Trinajstić information content (AvgIpc) is 2.38. The fraction of sp³-hybridized carbons (Fsp3) is 0.824. The third-order valence-corrected chi connectivity index (χ3v) is 4.06. The molecule has 0 aromatic rings. The Bertz CT molecular complexity index is 282. The van der Waals surface area contributed by atoms with E-state index in [9.17, 15) is 4.79 Å². The van der Waals surface area contributed by atoms with Gasteiger partial charge in [0.1, 0.15) is 0 Å². The van der Waals surface area contributed by atoms with Gasteiger partial charge in [0.25, 0.3) is 0 Å². The molecule has 0 spiro atoms. The molecule has 0 aromatic carbocycles. The van der Waals surface area contributed by atoms with Crippen molar-refractivity contribution in [3.05, 3.63) is 12.2 Å². The Labute approximate surface area is 125 Å². The Balaban J connectivity index is 4.56. The van der Waals surface area contributed by atoms with Crippen molar-refractivity contribution >= 4 is 5.97 Å². The Hall–Kier alpha value is -0.830. The molecule has 1 unspecified atom stereocenters. The normalized spacial score (nSPS) is 13.1. The first-order valence-corrected chi connectivity index (χ1v) is 8.11. The fourth-order valence-corrected chi connectivity index (χ4v) is 3.05. The van der Waals surface area contributed by atoms with Crippen LogP contribution in [-0.4, -0.2) is 42.7 Å². The maximum absolute atomic E-state index is 11.4. The van der Waals surface area contributed by atoms with E-state index in [1.54, 1.807) is 6.92 Å². The number of ether oxygens (including phenoxy) is 1. The molecule has 0 aliphatic rings. The van der Waals surface area contributed by atoms with Gasteiger partial charge >= 0.3 is 5.97 Å². The maximum Gasteiger partial charge on any atom is 0.333 e. The molecule has 0 radical (unpaired) electrons. The van der Waals surface area contributed by atoms with Crippen LogP contribution in [0.5, 0.6) is 0 Å². The van der Waals surface area contributed by atoms with Crippen LogP contribution >= 0.6 is 0 Å². The molecule has 118 valence electrons. The summed E-state index contributed by atoms with van der Waals surface area (Å²) in [6.07, 6.45) is 4.54. The van der Waals surface area contributed by atoms with E-state index in [-0.39, 0.29) is 5.97 Å². The van der Waals surface area contributed by atoms with E-state index in [4.69, 9.17) is 4.74 Å². The molecular formula is C17H34NO2+. The molecule has 3 heteroatoms. The third-order valence-electron chi connectivity index (χ3n) is 4.06. The van der Waals surface area contributed by atoms with Crippen LogP contribution in [0.3, 0.4) is 0 Å². The Morgan fingerprint density at radius 2 is 1.55 bits per heavy atom. The van der Waals surface area contributed by atoms with Gasteiger partial charge in [0.05, 0.1) is 32.3 Å². The van der Waals surface area contributed by atoms with Crippen molar-refractivity contribution in [2.45, 2.75) is 66.3 Å².